The number of nitrogens with one attached hydrogen (secondary N) is 1. The lowest BCUT2D eigenvalue weighted by molar-refractivity contribution is 0.102. The highest BCUT2D eigenvalue weighted by Gasteiger charge is 2.12. The minimum Gasteiger partial charge on any atom is -0.357 e. The number of piperidine rings is 1. The third-order valence-corrected chi connectivity index (χ3v) is 3.86. The lowest BCUT2D eigenvalue weighted by Gasteiger charge is -2.27. The van der Waals surface area contributed by atoms with Crippen LogP contribution in [-0.4, -0.2) is 29.0 Å². The molecule has 3 rings (SSSR count). The zero-order chi connectivity index (χ0) is 15.4. The molecule has 0 unspecified atom stereocenters. The average molecular weight is 296 g/mol. The summed E-state index contributed by atoms with van der Waals surface area (Å²) in [5, 5.41) is 2.85. The molecule has 114 valence electrons. The molecule has 0 bridgehead atoms. The summed E-state index contributed by atoms with van der Waals surface area (Å²) in [5.41, 5.74) is 2.14. The molecule has 5 heteroatoms. The van der Waals surface area contributed by atoms with Crippen molar-refractivity contribution in [2.24, 2.45) is 0 Å². The van der Waals surface area contributed by atoms with Crippen LogP contribution in [0.5, 0.6) is 0 Å². The van der Waals surface area contributed by atoms with Crippen LogP contribution in [0.4, 0.5) is 11.5 Å². The molecule has 2 aromatic heterocycles. The Morgan fingerprint density at radius 1 is 1.05 bits per heavy atom. The van der Waals surface area contributed by atoms with Gasteiger partial charge >= 0.3 is 0 Å². The molecular formula is C17H20N4O. The number of carbonyl (C=O) groups is 1. The van der Waals surface area contributed by atoms with Crippen molar-refractivity contribution in [3.05, 3.63) is 47.9 Å². The maximum atomic E-state index is 12.1. The van der Waals surface area contributed by atoms with E-state index in [1.54, 1.807) is 18.5 Å². The number of aromatic nitrogens is 2. The van der Waals surface area contributed by atoms with E-state index in [-0.39, 0.29) is 5.91 Å². The molecule has 1 fully saturated rings. The number of amides is 1. The molecular weight excluding hydrogens is 276 g/mol. The van der Waals surface area contributed by atoms with Gasteiger partial charge in [0.1, 0.15) is 5.82 Å². The Bertz CT molecular complexity index is 631. The summed E-state index contributed by atoms with van der Waals surface area (Å²) < 4.78 is 0. The fourth-order valence-electron chi connectivity index (χ4n) is 2.58. The van der Waals surface area contributed by atoms with Crippen LogP contribution in [0.2, 0.25) is 0 Å². The van der Waals surface area contributed by atoms with Gasteiger partial charge in [0.15, 0.2) is 0 Å². The summed E-state index contributed by atoms with van der Waals surface area (Å²) in [6, 6.07) is 7.46. The van der Waals surface area contributed by atoms with Gasteiger partial charge < -0.3 is 10.2 Å². The molecule has 0 saturated carbocycles. The van der Waals surface area contributed by atoms with E-state index in [1.165, 1.54) is 19.3 Å². The van der Waals surface area contributed by atoms with Crippen LogP contribution in [0, 0.1) is 6.92 Å². The van der Waals surface area contributed by atoms with E-state index in [9.17, 15) is 4.79 Å². The fourth-order valence-corrected chi connectivity index (χ4v) is 2.58. The van der Waals surface area contributed by atoms with Gasteiger partial charge in [0, 0.05) is 25.0 Å². The van der Waals surface area contributed by atoms with Crippen LogP contribution >= 0.6 is 0 Å². The van der Waals surface area contributed by atoms with Crippen molar-refractivity contribution in [2.75, 3.05) is 23.3 Å². The van der Waals surface area contributed by atoms with Gasteiger partial charge in [-0.1, -0.05) is 0 Å². The Morgan fingerprint density at radius 3 is 2.50 bits per heavy atom. The third-order valence-electron chi connectivity index (χ3n) is 3.86. The molecule has 0 radical (unpaired) electrons. The minimum atomic E-state index is -0.167. The van der Waals surface area contributed by atoms with Gasteiger partial charge in [-0.25, -0.2) is 4.98 Å². The van der Waals surface area contributed by atoms with Gasteiger partial charge in [-0.3, -0.25) is 9.78 Å². The number of hydrogen-bond acceptors (Lipinski definition) is 4. The van der Waals surface area contributed by atoms with Crippen molar-refractivity contribution in [1.82, 2.24) is 9.97 Å². The number of rotatable bonds is 3. The monoisotopic (exact) mass is 296 g/mol. The summed E-state index contributed by atoms with van der Waals surface area (Å²) in [5.74, 6) is 0.815. The Hall–Kier alpha value is -2.43. The Balaban J connectivity index is 1.65. The first-order valence-electron chi connectivity index (χ1n) is 7.67. The summed E-state index contributed by atoms with van der Waals surface area (Å²) >= 11 is 0. The number of pyridine rings is 2. The van der Waals surface area contributed by atoms with E-state index in [0.29, 0.717) is 11.3 Å². The Labute approximate surface area is 130 Å². The van der Waals surface area contributed by atoms with E-state index < -0.39 is 0 Å². The SMILES string of the molecule is Cc1ccc(C(=O)Nc2ccc(N3CCCCC3)nc2)cn1. The standard InChI is InChI=1S/C17H20N4O/c1-13-5-6-14(11-18-13)17(22)20-15-7-8-16(19-12-15)21-9-3-2-4-10-21/h5-8,11-12H,2-4,9-10H2,1H3,(H,20,22). The topological polar surface area (TPSA) is 58.1 Å². The molecule has 1 amide bonds. The number of aryl methyl sites for hydroxylation is 1. The first-order valence-corrected chi connectivity index (χ1v) is 7.67. The molecule has 1 aliphatic heterocycles. The third kappa shape index (κ3) is 3.42. The number of hydrogen-bond donors (Lipinski definition) is 1. The number of anilines is 2. The van der Waals surface area contributed by atoms with Crippen molar-refractivity contribution in [3.8, 4) is 0 Å². The highest BCUT2D eigenvalue weighted by molar-refractivity contribution is 6.03. The summed E-state index contributed by atoms with van der Waals surface area (Å²) in [7, 11) is 0. The second-order valence-electron chi connectivity index (χ2n) is 5.60. The van der Waals surface area contributed by atoms with Crippen LogP contribution < -0.4 is 10.2 Å². The van der Waals surface area contributed by atoms with Crippen LogP contribution in [0.25, 0.3) is 0 Å². The molecule has 1 saturated heterocycles. The summed E-state index contributed by atoms with van der Waals surface area (Å²) in [6.07, 6.45) is 7.04. The van der Waals surface area contributed by atoms with Gasteiger partial charge in [0.2, 0.25) is 0 Å². The van der Waals surface area contributed by atoms with E-state index in [0.717, 1.165) is 24.6 Å². The zero-order valence-electron chi connectivity index (χ0n) is 12.7. The molecule has 22 heavy (non-hydrogen) atoms. The van der Waals surface area contributed by atoms with Gasteiger partial charge in [0.05, 0.1) is 17.4 Å². The highest BCUT2D eigenvalue weighted by atomic mass is 16.1. The van der Waals surface area contributed by atoms with Crippen molar-refractivity contribution < 1.29 is 4.79 Å². The van der Waals surface area contributed by atoms with Crippen molar-refractivity contribution in [2.45, 2.75) is 26.2 Å². The first-order chi connectivity index (χ1) is 10.7. The number of nitrogens with zero attached hydrogens (tertiary/aromatic N) is 3. The second-order valence-corrected chi connectivity index (χ2v) is 5.60. The lowest BCUT2D eigenvalue weighted by atomic mass is 10.1. The molecule has 3 heterocycles. The molecule has 0 aromatic carbocycles. The second kappa shape index (κ2) is 6.56. The summed E-state index contributed by atoms with van der Waals surface area (Å²) in [6.45, 7) is 4.02. The molecule has 5 nitrogen and oxygen atoms in total. The highest BCUT2D eigenvalue weighted by Crippen LogP contribution is 2.19. The maximum Gasteiger partial charge on any atom is 0.257 e. The van der Waals surface area contributed by atoms with Crippen LogP contribution in [0.15, 0.2) is 36.7 Å². The smallest absolute Gasteiger partial charge is 0.257 e. The van der Waals surface area contributed by atoms with Crippen LogP contribution in [0.1, 0.15) is 35.3 Å². The zero-order valence-corrected chi connectivity index (χ0v) is 12.7. The molecule has 1 aliphatic rings. The largest absolute Gasteiger partial charge is 0.357 e. The van der Waals surface area contributed by atoms with Crippen molar-refractivity contribution >= 4 is 17.4 Å². The predicted molar refractivity (Wildman–Crippen MR) is 87.2 cm³/mol. The van der Waals surface area contributed by atoms with E-state index in [2.05, 4.69) is 20.2 Å². The fraction of sp³-hybridized carbons (Fsp3) is 0.353. The molecule has 2 aromatic rings. The van der Waals surface area contributed by atoms with E-state index in [4.69, 9.17) is 0 Å². The molecule has 0 spiro atoms. The van der Waals surface area contributed by atoms with Gasteiger partial charge in [-0.15, -0.1) is 0 Å². The predicted octanol–water partition coefficient (Wildman–Crippen LogP) is 3.03. The summed E-state index contributed by atoms with van der Waals surface area (Å²) in [4.78, 5) is 23.0. The average Bonchev–Trinajstić information content (AvgIpc) is 2.57. The first kappa shape index (κ1) is 14.5. The van der Waals surface area contributed by atoms with Crippen LogP contribution in [0.3, 0.4) is 0 Å². The van der Waals surface area contributed by atoms with Crippen molar-refractivity contribution in [3.63, 3.8) is 0 Å². The lowest BCUT2D eigenvalue weighted by Crippen LogP contribution is -2.30. The van der Waals surface area contributed by atoms with Gasteiger partial charge in [-0.2, -0.15) is 0 Å². The Morgan fingerprint density at radius 2 is 1.86 bits per heavy atom. The van der Waals surface area contributed by atoms with Gasteiger partial charge in [0.25, 0.3) is 5.91 Å². The van der Waals surface area contributed by atoms with E-state index >= 15 is 0 Å². The van der Waals surface area contributed by atoms with E-state index in [1.807, 2.05) is 25.1 Å². The van der Waals surface area contributed by atoms with Gasteiger partial charge in [-0.05, 0) is 50.5 Å². The van der Waals surface area contributed by atoms with Crippen LogP contribution in [-0.2, 0) is 0 Å². The Kier molecular flexibility index (Phi) is 4.32. The maximum absolute atomic E-state index is 12.1. The quantitative estimate of drug-likeness (QED) is 0.946. The molecule has 0 atom stereocenters. The van der Waals surface area contributed by atoms with Crippen molar-refractivity contribution in [1.29, 1.82) is 0 Å². The molecule has 0 aliphatic carbocycles. The minimum absolute atomic E-state index is 0.167. The molecule has 1 N–H and O–H groups in total. The number of carbonyl (C=O) groups excluding carboxylic acids is 1. The normalized spacial score (nSPS) is 14.7.